The standard InChI is InChI=1S/C13H17IN2O/c14-11-1-3-12(4-2-11)16-6-5-15-7-8-17-10-13(15)9-16/h1-4,13H,5-10H2/t13-/m1/s1. The van der Waals surface area contributed by atoms with Gasteiger partial charge in [0.2, 0.25) is 0 Å². The summed E-state index contributed by atoms with van der Waals surface area (Å²) >= 11 is 2.35. The van der Waals surface area contributed by atoms with E-state index in [-0.39, 0.29) is 0 Å². The molecule has 92 valence electrons. The molecular weight excluding hydrogens is 327 g/mol. The van der Waals surface area contributed by atoms with E-state index >= 15 is 0 Å². The summed E-state index contributed by atoms with van der Waals surface area (Å²) in [6, 6.07) is 9.39. The highest BCUT2D eigenvalue weighted by atomic mass is 127. The predicted octanol–water partition coefficient (Wildman–Crippen LogP) is 1.81. The Kier molecular flexibility index (Phi) is 3.54. The molecule has 1 atom stereocenters. The van der Waals surface area contributed by atoms with Crippen molar-refractivity contribution in [3.05, 3.63) is 27.8 Å². The van der Waals surface area contributed by atoms with E-state index in [1.165, 1.54) is 15.8 Å². The van der Waals surface area contributed by atoms with Gasteiger partial charge in [-0.2, -0.15) is 0 Å². The molecule has 2 aliphatic heterocycles. The molecule has 0 bridgehead atoms. The van der Waals surface area contributed by atoms with Crippen LogP contribution < -0.4 is 4.90 Å². The maximum atomic E-state index is 5.57. The zero-order valence-electron chi connectivity index (χ0n) is 9.81. The van der Waals surface area contributed by atoms with Crippen LogP contribution in [-0.2, 0) is 4.74 Å². The average Bonchev–Trinajstić information content (AvgIpc) is 2.39. The number of benzene rings is 1. The summed E-state index contributed by atoms with van der Waals surface area (Å²) in [5, 5.41) is 0. The molecule has 4 heteroatoms. The molecule has 2 aliphatic rings. The van der Waals surface area contributed by atoms with Crippen molar-refractivity contribution in [3.63, 3.8) is 0 Å². The average molecular weight is 344 g/mol. The molecule has 1 aromatic rings. The number of nitrogens with zero attached hydrogens (tertiary/aromatic N) is 2. The van der Waals surface area contributed by atoms with Crippen LogP contribution in [-0.4, -0.2) is 50.3 Å². The van der Waals surface area contributed by atoms with E-state index in [1.807, 2.05) is 0 Å². The summed E-state index contributed by atoms with van der Waals surface area (Å²) in [6.45, 7) is 6.30. The quantitative estimate of drug-likeness (QED) is 0.723. The number of ether oxygens (including phenoxy) is 1. The number of morpholine rings is 1. The highest BCUT2D eigenvalue weighted by Gasteiger charge is 2.29. The number of halogens is 1. The van der Waals surface area contributed by atoms with Crippen molar-refractivity contribution in [2.24, 2.45) is 0 Å². The highest BCUT2D eigenvalue weighted by molar-refractivity contribution is 14.1. The monoisotopic (exact) mass is 344 g/mol. The maximum Gasteiger partial charge on any atom is 0.0639 e. The lowest BCUT2D eigenvalue weighted by atomic mass is 10.1. The summed E-state index contributed by atoms with van der Waals surface area (Å²) in [7, 11) is 0. The normalized spacial score (nSPS) is 25.7. The van der Waals surface area contributed by atoms with Gasteiger partial charge >= 0.3 is 0 Å². The summed E-state index contributed by atoms with van der Waals surface area (Å²) in [5.74, 6) is 0. The molecule has 0 aliphatic carbocycles. The van der Waals surface area contributed by atoms with Crippen molar-refractivity contribution in [2.45, 2.75) is 6.04 Å². The van der Waals surface area contributed by atoms with Gasteiger partial charge in [0.25, 0.3) is 0 Å². The van der Waals surface area contributed by atoms with E-state index in [9.17, 15) is 0 Å². The molecule has 2 saturated heterocycles. The van der Waals surface area contributed by atoms with Gasteiger partial charge in [0, 0.05) is 35.4 Å². The molecule has 17 heavy (non-hydrogen) atoms. The van der Waals surface area contributed by atoms with Gasteiger partial charge in [0.1, 0.15) is 0 Å². The van der Waals surface area contributed by atoms with Crippen LogP contribution in [0.15, 0.2) is 24.3 Å². The van der Waals surface area contributed by atoms with Crippen molar-refractivity contribution in [2.75, 3.05) is 44.3 Å². The van der Waals surface area contributed by atoms with Crippen LogP contribution in [0.25, 0.3) is 0 Å². The molecular formula is C13H17IN2O. The Balaban J connectivity index is 1.71. The molecule has 0 spiro atoms. The van der Waals surface area contributed by atoms with E-state index in [2.05, 4.69) is 56.7 Å². The Bertz CT molecular complexity index is 382. The van der Waals surface area contributed by atoms with E-state index in [1.54, 1.807) is 0 Å². The Morgan fingerprint density at radius 2 is 1.94 bits per heavy atom. The summed E-state index contributed by atoms with van der Waals surface area (Å²) in [6.07, 6.45) is 0. The van der Waals surface area contributed by atoms with Gasteiger partial charge in [-0.3, -0.25) is 4.90 Å². The van der Waals surface area contributed by atoms with Crippen LogP contribution in [0.4, 0.5) is 5.69 Å². The van der Waals surface area contributed by atoms with Crippen LogP contribution in [0.3, 0.4) is 0 Å². The Labute approximate surface area is 116 Å². The number of rotatable bonds is 1. The first-order valence-corrected chi connectivity index (χ1v) is 7.23. The largest absolute Gasteiger partial charge is 0.378 e. The van der Waals surface area contributed by atoms with Gasteiger partial charge in [0.05, 0.1) is 19.3 Å². The number of anilines is 1. The van der Waals surface area contributed by atoms with Crippen molar-refractivity contribution in [1.82, 2.24) is 4.90 Å². The summed E-state index contributed by atoms with van der Waals surface area (Å²) in [4.78, 5) is 5.04. The molecule has 2 fully saturated rings. The second-order valence-corrected chi connectivity index (χ2v) is 5.93. The number of hydrogen-bond donors (Lipinski definition) is 0. The van der Waals surface area contributed by atoms with E-state index < -0.39 is 0 Å². The lowest BCUT2D eigenvalue weighted by molar-refractivity contribution is -0.0116. The lowest BCUT2D eigenvalue weighted by Crippen LogP contribution is -2.58. The van der Waals surface area contributed by atoms with Crippen LogP contribution in [0, 0.1) is 3.57 Å². The Morgan fingerprint density at radius 3 is 2.76 bits per heavy atom. The zero-order valence-corrected chi connectivity index (χ0v) is 12.0. The zero-order chi connectivity index (χ0) is 11.7. The third kappa shape index (κ3) is 2.58. The maximum absolute atomic E-state index is 5.57. The number of piperazine rings is 1. The minimum atomic E-state index is 0.580. The molecule has 2 heterocycles. The van der Waals surface area contributed by atoms with Gasteiger partial charge in [-0.05, 0) is 46.9 Å². The van der Waals surface area contributed by atoms with Crippen LogP contribution >= 0.6 is 22.6 Å². The fourth-order valence-corrected chi connectivity index (χ4v) is 2.99. The van der Waals surface area contributed by atoms with E-state index in [4.69, 9.17) is 4.74 Å². The highest BCUT2D eigenvalue weighted by Crippen LogP contribution is 2.21. The van der Waals surface area contributed by atoms with Crippen LogP contribution in [0.1, 0.15) is 0 Å². The number of fused-ring (bicyclic) bond motifs is 1. The molecule has 0 N–H and O–H groups in total. The fraction of sp³-hybridized carbons (Fsp3) is 0.538. The first-order chi connectivity index (χ1) is 8.33. The molecule has 3 nitrogen and oxygen atoms in total. The van der Waals surface area contributed by atoms with Gasteiger partial charge in [-0.15, -0.1) is 0 Å². The molecule has 0 saturated carbocycles. The second kappa shape index (κ2) is 5.12. The van der Waals surface area contributed by atoms with Crippen molar-refractivity contribution in [3.8, 4) is 0 Å². The van der Waals surface area contributed by atoms with Crippen LogP contribution in [0.5, 0.6) is 0 Å². The van der Waals surface area contributed by atoms with Crippen molar-refractivity contribution >= 4 is 28.3 Å². The van der Waals surface area contributed by atoms with Gasteiger partial charge < -0.3 is 9.64 Å². The van der Waals surface area contributed by atoms with Gasteiger partial charge in [-0.1, -0.05) is 0 Å². The van der Waals surface area contributed by atoms with Crippen LogP contribution in [0.2, 0.25) is 0 Å². The van der Waals surface area contributed by atoms with Gasteiger partial charge in [0.15, 0.2) is 0 Å². The molecule has 0 radical (unpaired) electrons. The molecule has 0 unspecified atom stereocenters. The first-order valence-electron chi connectivity index (χ1n) is 6.15. The van der Waals surface area contributed by atoms with Crippen molar-refractivity contribution < 1.29 is 4.74 Å². The predicted molar refractivity (Wildman–Crippen MR) is 77.6 cm³/mol. The lowest BCUT2D eigenvalue weighted by Gasteiger charge is -2.44. The van der Waals surface area contributed by atoms with Gasteiger partial charge in [-0.25, -0.2) is 0 Å². The SMILES string of the molecule is Ic1ccc(N2CCN3CCOC[C@H]3C2)cc1. The number of hydrogen-bond acceptors (Lipinski definition) is 3. The molecule has 1 aromatic carbocycles. The summed E-state index contributed by atoms with van der Waals surface area (Å²) in [5.41, 5.74) is 1.34. The molecule has 3 rings (SSSR count). The minimum absolute atomic E-state index is 0.580. The second-order valence-electron chi connectivity index (χ2n) is 4.69. The molecule has 0 aromatic heterocycles. The van der Waals surface area contributed by atoms with E-state index in [0.717, 1.165) is 32.8 Å². The third-order valence-corrected chi connectivity index (χ3v) is 4.35. The fourth-order valence-electron chi connectivity index (χ4n) is 2.63. The minimum Gasteiger partial charge on any atom is -0.378 e. The Morgan fingerprint density at radius 1 is 1.12 bits per heavy atom. The smallest absolute Gasteiger partial charge is 0.0639 e. The van der Waals surface area contributed by atoms with Crippen molar-refractivity contribution in [1.29, 1.82) is 0 Å². The summed E-state index contributed by atoms with van der Waals surface area (Å²) < 4.78 is 6.87. The van der Waals surface area contributed by atoms with E-state index in [0.29, 0.717) is 6.04 Å². The first kappa shape index (κ1) is 11.7. The topological polar surface area (TPSA) is 15.7 Å². The third-order valence-electron chi connectivity index (χ3n) is 3.63. The molecule has 0 amide bonds. The Hall–Kier alpha value is -0.330.